The Kier molecular flexibility index (Phi) is 4.90. The molecule has 1 aliphatic carbocycles. The molecular formula is C12H15ClFNO2. The van der Waals surface area contributed by atoms with Gasteiger partial charge in [-0.2, -0.15) is 0 Å². The van der Waals surface area contributed by atoms with Crippen LogP contribution in [0.4, 0.5) is 4.39 Å². The van der Waals surface area contributed by atoms with E-state index in [0.29, 0.717) is 5.56 Å². The second-order valence-corrected chi connectivity index (χ2v) is 4.12. The summed E-state index contributed by atoms with van der Waals surface area (Å²) in [5, 5.41) is 12.1. The van der Waals surface area contributed by atoms with Crippen molar-refractivity contribution in [1.29, 1.82) is 0 Å². The van der Waals surface area contributed by atoms with E-state index in [1.165, 1.54) is 18.2 Å². The molecule has 0 heterocycles. The van der Waals surface area contributed by atoms with Crippen molar-refractivity contribution in [2.75, 3.05) is 0 Å². The highest BCUT2D eigenvalue weighted by Crippen LogP contribution is 2.23. The van der Waals surface area contributed by atoms with Gasteiger partial charge in [0.25, 0.3) is 0 Å². The molecule has 0 spiro atoms. The number of nitrogens with one attached hydrogen (secondary N) is 1. The van der Waals surface area contributed by atoms with Gasteiger partial charge in [-0.1, -0.05) is 18.6 Å². The molecule has 0 bridgehead atoms. The van der Waals surface area contributed by atoms with Crippen molar-refractivity contribution >= 4 is 18.4 Å². The van der Waals surface area contributed by atoms with Crippen molar-refractivity contribution in [2.45, 2.75) is 31.3 Å². The summed E-state index contributed by atoms with van der Waals surface area (Å²) >= 11 is 0. The van der Waals surface area contributed by atoms with Crippen LogP contribution in [0, 0.1) is 5.82 Å². The number of hydrogen-bond donors (Lipinski definition) is 2. The van der Waals surface area contributed by atoms with E-state index in [1.807, 2.05) is 0 Å². The molecule has 94 valence electrons. The predicted octanol–water partition coefficient (Wildman–Crippen LogP) is 2.52. The van der Waals surface area contributed by atoms with Crippen molar-refractivity contribution < 1.29 is 14.3 Å². The number of carboxylic acids is 1. The molecule has 1 fully saturated rings. The molecule has 1 unspecified atom stereocenters. The third-order valence-electron chi connectivity index (χ3n) is 2.94. The summed E-state index contributed by atoms with van der Waals surface area (Å²) in [4.78, 5) is 11.1. The second-order valence-electron chi connectivity index (χ2n) is 4.12. The second kappa shape index (κ2) is 5.98. The van der Waals surface area contributed by atoms with E-state index >= 15 is 0 Å². The number of halogens is 2. The molecule has 2 rings (SSSR count). The summed E-state index contributed by atoms with van der Waals surface area (Å²) in [6.07, 6.45) is 3.13. The van der Waals surface area contributed by atoms with Gasteiger partial charge in [-0.3, -0.25) is 10.1 Å². The molecule has 2 N–H and O–H groups in total. The zero-order valence-corrected chi connectivity index (χ0v) is 10.0. The van der Waals surface area contributed by atoms with Gasteiger partial charge in [0.15, 0.2) is 0 Å². The summed E-state index contributed by atoms with van der Waals surface area (Å²) in [7, 11) is 0. The maximum absolute atomic E-state index is 13.0. The van der Waals surface area contributed by atoms with E-state index in [0.717, 1.165) is 19.3 Å². The number of benzene rings is 1. The molecule has 1 aromatic rings. The molecule has 0 aromatic heterocycles. The minimum atomic E-state index is -0.961. The molecule has 0 amide bonds. The normalized spacial score (nSPS) is 16.8. The summed E-state index contributed by atoms with van der Waals surface area (Å²) in [5.41, 5.74) is 0.472. The Bertz CT molecular complexity index is 396. The lowest BCUT2D eigenvalue weighted by molar-refractivity contribution is -0.140. The zero-order chi connectivity index (χ0) is 11.5. The molecule has 1 saturated carbocycles. The Morgan fingerprint density at radius 2 is 2.18 bits per heavy atom. The predicted molar refractivity (Wildman–Crippen MR) is 64.8 cm³/mol. The zero-order valence-electron chi connectivity index (χ0n) is 9.23. The average molecular weight is 260 g/mol. The molecule has 0 saturated heterocycles. The van der Waals surface area contributed by atoms with Crippen LogP contribution in [0.15, 0.2) is 24.3 Å². The van der Waals surface area contributed by atoms with Crippen LogP contribution < -0.4 is 5.32 Å². The first-order chi connectivity index (χ1) is 7.66. The van der Waals surface area contributed by atoms with E-state index in [1.54, 1.807) is 6.07 Å². The van der Waals surface area contributed by atoms with Gasteiger partial charge in [0.2, 0.25) is 0 Å². The minimum absolute atomic E-state index is 0. The van der Waals surface area contributed by atoms with E-state index < -0.39 is 17.8 Å². The Morgan fingerprint density at radius 3 is 2.65 bits per heavy atom. The molecule has 1 aliphatic rings. The SMILES string of the molecule is Cl.O=C(O)C(NC1CCC1)c1cccc(F)c1. The van der Waals surface area contributed by atoms with Gasteiger partial charge >= 0.3 is 5.97 Å². The summed E-state index contributed by atoms with van der Waals surface area (Å²) in [6.45, 7) is 0. The van der Waals surface area contributed by atoms with Gasteiger partial charge in [0, 0.05) is 6.04 Å². The number of aliphatic carboxylic acids is 1. The number of hydrogen-bond acceptors (Lipinski definition) is 2. The average Bonchev–Trinajstić information content (AvgIpc) is 2.15. The fourth-order valence-corrected chi connectivity index (χ4v) is 1.81. The number of carboxylic acid groups (broad SMARTS) is 1. The van der Waals surface area contributed by atoms with E-state index in [4.69, 9.17) is 5.11 Å². The maximum atomic E-state index is 13.0. The molecule has 0 aliphatic heterocycles. The third-order valence-corrected chi connectivity index (χ3v) is 2.94. The van der Waals surface area contributed by atoms with Crippen LogP contribution in [0.1, 0.15) is 30.9 Å². The van der Waals surface area contributed by atoms with Crippen LogP contribution in [-0.2, 0) is 4.79 Å². The lowest BCUT2D eigenvalue weighted by atomic mass is 9.91. The van der Waals surface area contributed by atoms with Crippen LogP contribution in [0.2, 0.25) is 0 Å². The van der Waals surface area contributed by atoms with Gasteiger partial charge < -0.3 is 5.11 Å². The highest BCUT2D eigenvalue weighted by Gasteiger charge is 2.26. The lowest BCUT2D eigenvalue weighted by Crippen LogP contribution is -2.41. The van der Waals surface area contributed by atoms with Crippen LogP contribution in [0.5, 0.6) is 0 Å². The van der Waals surface area contributed by atoms with Crippen molar-refractivity contribution in [3.05, 3.63) is 35.6 Å². The summed E-state index contributed by atoms with van der Waals surface area (Å²) < 4.78 is 13.0. The van der Waals surface area contributed by atoms with E-state index in [9.17, 15) is 9.18 Å². The van der Waals surface area contributed by atoms with Gasteiger partial charge in [-0.25, -0.2) is 4.39 Å². The molecule has 0 radical (unpaired) electrons. The van der Waals surface area contributed by atoms with Crippen molar-refractivity contribution in [3.63, 3.8) is 0 Å². The summed E-state index contributed by atoms with van der Waals surface area (Å²) in [6, 6.07) is 5.19. The molecule has 1 aromatic carbocycles. The lowest BCUT2D eigenvalue weighted by Gasteiger charge is -2.30. The number of carbonyl (C=O) groups is 1. The van der Waals surface area contributed by atoms with E-state index in [2.05, 4.69) is 5.32 Å². The standard InChI is InChI=1S/C12H14FNO2.ClH/c13-9-4-1-3-8(7-9)11(12(15)16)14-10-5-2-6-10;/h1,3-4,7,10-11,14H,2,5-6H2,(H,15,16);1H. The monoisotopic (exact) mass is 259 g/mol. The molecule has 3 nitrogen and oxygen atoms in total. The minimum Gasteiger partial charge on any atom is -0.480 e. The van der Waals surface area contributed by atoms with Gasteiger partial charge in [-0.05, 0) is 30.5 Å². The first kappa shape index (κ1) is 13.9. The highest BCUT2D eigenvalue weighted by molar-refractivity contribution is 5.85. The first-order valence-corrected chi connectivity index (χ1v) is 5.41. The Hall–Kier alpha value is -1.13. The quantitative estimate of drug-likeness (QED) is 0.874. The third kappa shape index (κ3) is 3.41. The van der Waals surface area contributed by atoms with Crippen LogP contribution in [0.25, 0.3) is 0 Å². The topological polar surface area (TPSA) is 49.3 Å². The van der Waals surface area contributed by atoms with Crippen molar-refractivity contribution in [2.24, 2.45) is 0 Å². The Morgan fingerprint density at radius 1 is 1.47 bits per heavy atom. The maximum Gasteiger partial charge on any atom is 0.325 e. The molecule has 1 atom stereocenters. The van der Waals surface area contributed by atoms with Gasteiger partial charge in [-0.15, -0.1) is 12.4 Å². The highest BCUT2D eigenvalue weighted by atomic mass is 35.5. The van der Waals surface area contributed by atoms with Crippen molar-refractivity contribution in [3.8, 4) is 0 Å². The van der Waals surface area contributed by atoms with Gasteiger partial charge in [0.1, 0.15) is 11.9 Å². The van der Waals surface area contributed by atoms with Crippen LogP contribution in [-0.4, -0.2) is 17.1 Å². The molecule has 17 heavy (non-hydrogen) atoms. The fourth-order valence-electron chi connectivity index (χ4n) is 1.81. The van der Waals surface area contributed by atoms with Crippen LogP contribution >= 0.6 is 12.4 Å². The molecule has 5 heteroatoms. The fraction of sp³-hybridized carbons (Fsp3) is 0.417. The Balaban J connectivity index is 0.00000144. The van der Waals surface area contributed by atoms with Crippen molar-refractivity contribution in [1.82, 2.24) is 5.32 Å². The smallest absolute Gasteiger partial charge is 0.325 e. The summed E-state index contributed by atoms with van der Waals surface area (Å²) in [5.74, 6) is -1.36. The largest absolute Gasteiger partial charge is 0.480 e. The Labute approximate surface area is 105 Å². The first-order valence-electron chi connectivity index (χ1n) is 5.41. The number of rotatable bonds is 4. The molecular weight excluding hydrogens is 245 g/mol. The van der Waals surface area contributed by atoms with E-state index in [-0.39, 0.29) is 18.4 Å². The van der Waals surface area contributed by atoms with Gasteiger partial charge in [0.05, 0.1) is 0 Å². The van der Waals surface area contributed by atoms with Crippen LogP contribution in [0.3, 0.4) is 0 Å².